The van der Waals surface area contributed by atoms with E-state index in [1.807, 2.05) is 13.8 Å². The van der Waals surface area contributed by atoms with E-state index in [0.29, 0.717) is 16.7 Å². The Morgan fingerprint density at radius 2 is 1.71 bits per heavy atom. The van der Waals surface area contributed by atoms with Gasteiger partial charge in [0.25, 0.3) is 0 Å². The molecule has 112 valence electrons. The van der Waals surface area contributed by atoms with Crippen LogP contribution in [0.5, 0.6) is 0 Å². The van der Waals surface area contributed by atoms with Crippen LogP contribution >= 0.6 is 11.6 Å². The maximum absolute atomic E-state index is 13.8. The van der Waals surface area contributed by atoms with Gasteiger partial charge in [-0.05, 0) is 36.7 Å². The van der Waals surface area contributed by atoms with Crippen LogP contribution < -0.4 is 5.32 Å². The van der Waals surface area contributed by atoms with Crippen LogP contribution in [0.3, 0.4) is 0 Å². The predicted octanol–water partition coefficient (Wildman–Crippen LogP) is 5.09. The van der Waals surface area contributed by atoms with Gasteiger partial charge in [0, 0.05) is 22.7 Å². The van der Waals surface area contributed by atoms with Gasteiger partial charge in [-0.15, -0.1) is 0 Å². The van der Waals surface area contributed by atoms with Crippen molar-refractivity contribution in [3.05, 3.63) is 58.4 Å². The second kappa shape index (κ2) is 6.50. The first kappa shape index (κ1) is 15.9. The average molecular weight is 314 g/mol. The lowest BCUT2D eigenvalue weighted by Crippen LogP contribution is -2.17. The van der Waals surface area contributed by atoms with Crippen molar-refractivity contribution in [3.8, 4) is 11.1 Å². The van der Waals surface area contributed by atoms with Crippen molar-refractivity contribution >= 4 is 11.6 Å². The van der Waals surface area contributed by atoms with Crippen molar-refractivity contribution in [2.45, 2.75) is 19.9 Å². The van der Waals surface area contributed by atoms with Crippen molar-refractivity contribution in [1.82, 2.24) is 5.32 Å². The van der Waals surface area contributed by atoms with Gasteiger partial charge in [-0.1, -0.05) is 30.7 Å². The molecule has 0 aliphatic heterocycles. The van der Waals surface area contributed by atoms with E-state index in [-0.39, 0.29) is 11.6 Å². The molecule has 0 amide bonds. The molecule has 5 heteroatoms. The Balaban J connectivity index is 2.43. The molecule has 0 aliphatic rings. The van der Waals surface area contributed by atoms with Crippen LogP contribution in [0.2, 0.25) is 5.02 Å². The van der Waals surface area contributed by atoms with Gasteiger partial charge in [0.15, 0.2) is 11.6 Å². The minimum Gasteiger partial charge on any atom is -0.310 e. The summed E-state index contributed by atoms with van der Waals surface area (Å²) in [5.41, 5.74) is 1.26. The molecule has 0 heterocycles. The molecule has 1 N–H and O–H groups in total. The highest BCUT2D eigenvalue weighted by Crippen LogP contribution is 2.31. The Labute approximate surface area is 126 Å². The van der Waals surface area contributed by atoms with E-state index in [9.17, 15) is 13.2 Å². The molecule has 0 spiro atoms. The van der Waals surface area contributed by atoms with Gasteiger partial charge in [0.05, 0.1) is 0 Å². The van der Waals surface area contributed by atoms with Crippen LogP contribution in [0.15, 0.2) is 30.3 Å². The van der Waals surface area contributed by atoms with Crippen molar-refractivity contribution < 1.29 is 13.2 Å². The summed E-state index contributed by atoms with van der Waals surface area (Å²) >= 11 is 6.20. The van der Waals surface area contributed by atoms with Gasteiger partial charge in [0.1, 0.15) is 5.82 Å². The number of rotatable bonds is 4. The largest absolute Gasteiger partial charge is 0.310 e. The highest BCUT2D eigenvalue weighted by molar-refractivity contribution is 6.31. The average Bonchev–Trinajstić information content (AvgIpc) is 2.43. The third-order valence-corrected chi connectivity index (χ3v) is 3.63. The van der Waals surface area contributed by atoms with Crippen LogP contribution in [-0.2, 0) is 0 Å². The van der Waals surface area contributed by atoms with E-state index in [4.69, 9.17) is 11.6 Å². The summed E-state index contributed by atoms with van der Waals surface area (Å²) in [5, 5.41) is 3.67. The molecule has 1 unspecified atom stereocenters. The molecule has 2 aromatic rings. The summed E-state index contributed by atoms with van der Waals surface area (Å²) in [4.78, 5) is 0. The first-order chi connectivity index (χ1) is 9.93. The highest BCUT2D eigenvalue weighted by atomic mass is 35.5. The maximum Gasteiger partial charge on any atom is 0.161 e. The number of nitrogens with one attached hydrogen (secondary N) is 1. The molecule has 21 heavy (non-hydrogen) atoms. The lowest BCUT2D eigenvalue weighted by molar-refractivity contribution is 0.496. The number of hydrogen-bond acceptors (Lipinski definition) is 1. The Kier molecular flexibility index (Phi) is 4.91. The molecule has 0 aliphatic carbocycles. The molecule has 0 bridgehead atoms. The fourth-order valence-electron chi connectivity index (χ4n) is 2.21. The second-order valence-corrected chi connectivity index (χ2v) is 5.17. The van der Waals surface area contributed by atoms with Crippen LogP contribution in [-0.4, -0.2) is 6.54 Å². The quantitative estimate of drug-likeness (QED) is 0.775. The standard InChI is InChI=1S/C16H15ClF3N/c1-3-21-9(2)11-5-4-10(6-13(11)17)12-7-15(19)16(20)8-14(12)18/h4-9,21H,3H2,1-2H3. The van der Waals surface area contributed by atoms with E-state index in [1.54, 1.807) is 18.2 Å². The summed E-state index contributed by atoms with van der Waals surface area (Å²) in [6, 6.07) is 6.38. The highest BCUT2D eigenvalue weighted by Gasteiger charge is 2.14. The Morgan fingerprint density at radius 3 is 2.33 bits per heavy atom. The minimum atomic E-state index is -1.21. The topological polar surface area (TPSA) is 12.0 Å². The fourth-order valence-corrected chi connectivity index (χ4v) is 2.55. The molecule has 2 rings (SSSR count). The third-order valence-electron chi connectivity index (χ3n) is 3.30. The first-order valence-corrected chi connectivity index (χ1v) is 6.99. The normalized spacial score (nSPS) is 12.5. The van der Waals surface area contributed by atoms with Gasteiger partial charge in [0.2, 0.25) is 0 Å². The van der Waals surface area contributed by atoms with E-state index < -0.39 is 17.5 Å². The molecular formula is C16H15ClF3N. The SMILES string of the molecule is CCNC(C)c1ccc(-c2cc(F)c(F)cc2F)cc1Cl. The van der Waals surface area contributed by atoms with E-state index in [0.717, 1.165) is 18.2 Å². The van der Waals surface area contributed by atoms with E-state index in [2.05, 4.69) is 5.32 Å². The Hall–Kier alpha value is -1.52. The van der Waals surface area contributed by atoms with Crippen LogP contribution in [0, 0.1) is 17.5 Å². The van der Waals surface area contributed by atoms with Crippen LogP contribution in [0.25, 0.3) is 11.1 Å². The van der Waals surface area contributed by atoms with E-state index >= 15 is 0 Å². The molecule has 0 radical (unpaired) electrons. The maximum atomic E-state index is 13.8. The predicted molar refractivity (Wildman–Crippen MR) is 78.9 cm³/mol. The lowest BCUT2D eigenvalue weighted by Gasteiger charge is -2.15. The van der Waals surface area contributed by atoms with Crippen molar-refractivity contribution in [3.63, 3.8) is 0 Å². The monoisotopic (exact) mass is 313 g/mol. The number of benzene rings is 2. The summed E-state index contributed by atoms with van der Waals surface area (Å²) < 4.78 is 40.0. The van der Waals surface area contributed by atoms with E-state index in [1.165, 1.54) is 0 Å². The van der Waals surface area contributed by atoms with Gasteiger partial charge in [-0.2, -0.15) is 0 Å². The van der Waals surface area contributed by atoms with Gasteiger partial charge >= 0.3 is 0 Å². The summed E-state index contributed by atoms with van der Waals surface area (Å²) in [6.45, 7) is 4.73. The Bertz CT molecular complexity index is 658. The molecule has 1 nitrogen and oxygen atoms in total. The van der Waals surface area contributed by atoms with Crippen LogP contribution in [0.1, 0.15) is 25.5 Å². The third kappa shape index (κ3) is 3.39. The molecule has 0 aromatic heterocycles. The molecule has 0 saturated carbocycles. The molecular weight excluding hydrogens is 299 g/mol. The molecule has 0 fully saturated rings. The zero-order valence-corrected chi connectivity index (χ0v) is 12.4. The molecule has 2 aromatic carbocycles. The molecule has 0 saturated heterocycles. The number of halogens is 4. The fraction of sp³-hybridized carbons (Fsp3) is 0.250. The zero-order chi connectivity index (χ0) is 15.6. The summed E-state index contributed by atoms with van der Waals surface area (Å²) in [5.74, 6) is -3.12. The minimum absolute atomic E-state index is 0.0153. The Morgan fingerprint density at radius 1 is 1.05 bits per heavy atom. The van der Waals surface area contributed by atoms with Crippen molar-refractivity contribution in [1.29, 1.82) is 0 Å². The zero-order valence-electron chi connectivity index (χ0n) is 11.7. The van der Waals surface area contributed by atoms with Crippen molar-refractivity contribution in [2.24, 2.45) is 0 Å². The van der Waals surface area contributed by atoms with Gasteiger partial charge in [-0.3, -0.25) is 0 Å². The summed E-state index contributed by atoms with van der Waals surface area (Å²) in [6.07, 6.45) is 0. The van der Waals surface area contributed by atoms with Gasteiger partial charge in [-0.25, -0.2) is 13.2 Å². The molecule has 1 atom stereocenters. The smallest absolute Gasteiger partial charge is 0.161 e. The van der Waals surface area contributed by atoms with Crippen LogP contribution in [0.4, 0.5) is 13.2 Å². The number of hydrogen-bond donors (Lipinski definition) is 1. The summed E-state index contributed by atoms with van der Waals surface area (Å²) in [7, 11) is 0. The first-order valence-electron chi connectivity index (χ1n) is 6.61. The van der Waals surface area contributed by atoms with Crippen molar-refractivity contribution in [2.75, 3.05) is 6.54 Å². The lowest BCUT2D eigenvalue weighted by atomic mass is 10.0. The van der Waals surface area contributed by atoms with Gasteiger partial charge < -0.3 is 5.32 Å². The second-order valence-electron chi connectivity index (χ2n) is 4.76.